The van der Waals surface area contributed by atoms with E-state index in [9.17, 15) is 8.42 Å². The first-order valence-electron chi connectivity index (χ1n) is 7.31. The Kier molecular flexibility index (Phi) is 3.65. The molecule has 1 aliphatic carbocycles. The van der Waals surface area contributed by atoms with Crippen LogP contribution in [0.5, 0.6) is 0 Å². The lowest BCUT2D eigenvalue weighted by molar-refractivity contribution is 0.154. The Labute approximate surface area is 110 Å². The van der Waals surface area contributed by atoms with Gasteiger partial charge in [-0.05, 0) is 51.1 Å². The summed E-state index contributed by atoms with van der Waals surface area (Å²) in [7, 11) is -2.74. The van der Waals surface area contributed by atoms with Gasteiger partial charge < -0.3 is 5.32 Å². The van der Waals surface area contributed by atoms with E-state index in [4.69, 9.17) is 0 Å². The Morgan fingerprint density at radius 1 is 1.00 bits per heavy atom. The average Bonchev–Trinajstić information content (AvgIpc) is 3.12. The summed E-state index contributed by atoms with van der Waals surface area (Å²) >= 11 is 0. The SMILES string of the molecule is O=S1(=O)CCC(N(CC2CCNCC2)C2CC2)C1. The zero-order chi connectivity index (χ0) is 12.6. The predicted molar refractivity (Wildman–Crippen MR) is 72.4 cm³/mol. The fraction of sp³-hybridized carbons (Fsp3) is 1.00. The zero-order valence-corrected chi connectivity index (χ0v) is 11.8. The molecule has 0 spiro atoms. The number of piperidine rings is 1. The van der Waals surface area contributed by atoms with Crippen LogP contribution in [-0.2, 0) is 9.84 Å². The Morgan fingerprint density at radius 3 is 2.28 bits per heavy atom. The lowest BCUT2D eigenvalue weighted by Gasteiger charge is -2.33. The van der Waals surface area contributed by atoms with Crippen molar-refractivity contribution < 1.29 is 8.42 Å². The van der Waals surface area contributed by atoms with E-state index in [1.807, 2.05) is 0 Å². The van der Waals surface area contributed by atoms with Crippen molar-refractivity contribution in [1.29, 1.82) is 0 Å². The van der Waals surface area contributed by atoms with Gasteiger partial charge in [-0.25, -0.2) is 8.42 Å². The van der Waals surface area contributed by atoms with Crippen molar-refractivity contribution in [2.24, 2.45) is 5.92 Å². The fourth-order valence-corrected chi connectivity index (χ4v) is 5.14. The van der Waals surface area contributed by atoms with E-state index in [1.165, 1.54) is 25.7 Å². The van der Waals surface area contributed by atoms with Crippen LogP contribution in [0.25, 0.3) is 0 Å². The van der Waals surface area contributed by atoms with E-state index in [1.54, 1.807) is 0 Å². The molecule has 2 heterocycles. The minimum Gasteiger partial charge on any atom is -0.317 e. The molecule has 3 aliphatic rings. The van der Waals surface area contributed by atoms with Gasteiger partial charge in [-0.15, -0.1) is 0 Å². The van der Waals surface area contributed by atoms with Crippen molar-refractivity contribution in [1.82, 2.24) is 10.2 Å². The largest absolute Gasteiger partial charge is 0.317 e. The normalized spacial score (nSPS) is 33.1. The average molecular weight is 272 g/mol. The molecule has 1 unspecified atom stereocenters. The van der Waals surface area contributed by atoms with Crippen LogP contribution >= 0.6 is 0 Å². The standard InChI is InChI=1S/C13H24N2O2S/c16-18(17)8-5-13(10-18)15(12-1-2-12)9-11-3-6-14-7-4-11/h11-14H,1-10H2. The third-order valence-electron chi connectivity index (χ3n) is 4.62. The van der Waals surface area contributed by atoms with Crippen LogP contribution in [0.3, 0.4) is 0 Å². The minimum absolute atomic E-state index is 0.317. The highest BCUT2D eigenvalue weighted by atomic mass is 32.2. The Balaban J connectivity index is 1.61. The molecule has 1 N–H and O–H groups in total. The molecule has 18 heavy (non-hydrogen) atoms. The maximum absolute atomic E-state index is 11.6. The molecule has 0 bridgehead atoms. The second-order valence-corrected chi connectivity index (χ2v) is 8.41. The molecule has 0 amide bonds. The third kappa shape index (κ3) is 3.06. The van der Waals surface area contributed by atoms with E-state index in [-0.39, 0.29) is 0 Å². The molecule has 4 nitrogen and oxygen atoms in total. The highest BCUT2D eigenvalue weighted by molar-refractivity contribution is 7.91. The van der Waals surface area contributed by atoms with Crippen LogP contribution < -0.4 is 5.32 Å². The number of rotatable bonds is 4. The molecule has 0 aromatic heterocycles. The van der Waals surface area contributed by atoms with Crippen molar-refractivity contribution in [2.75, 3.05) is 31.1 Å². The molecule has 1 saturated carbocycles. The van der Waals surface area contributed by atoms with Gasteiger partial charge in [0.25, 0.3) is 0 Å². The molecular weight excluding hydrogens is 248 g/mol. The summed E-state index contributed by atoms with van der Waals surface area (Å²) in [4.78, 5) is 2.54. The van der Waals surface area contributed by atoms with Crippen LogP contribution in [0.4, 0.5) is 0 Å². The van der Waals surface area contributed by atoms with Crippen LogP contribution in [-0.4, -0.2) is 56.5 Å². The van der Waals surface area contributed by atoms with Gasteiger partial charge in [0.15, 0.2) is 9.84 Å². The first-order valence-corrected chi connectivity index (χ1v) is 9.13. The smallest absolute Gasteiger partial charge is 0.151 e. The first kappa shape index (κ1) is 12.9. The highest BCUT2D eigenvalue weighted by Crippen LogP contribution is 2.33. The molecular formula is C13H24N2O2S. The molecule has 2 aliphatic heterocycles. The molecule has 0 aromatic rings. The summed E-state index contributed by atoms with van der Waals surface area (Å²) in [6.07, 6.45) is 5.93. The van der Waals surface area contributed by atoms with Gasteiger partial charge in [0, 0.05) is 18.6 Å². The summed E-state index contributed by atoms with van der Waals surface area (Å²) < 4.78 is 23.3. The lowest BCUT2D eigenvalue weighted by atomic mass is 9.96. The number of sulfone groups is 1. The van der Waals surface area contributed by atoms with Crippen LogP contribution in [0.1, 0.15) is 32.1 Å². The maximum Gasteiger partial charge on any atom is 0.151 e. The Morgan fingerprint density at radius 2 is 1.72 bits per heavy atom. The van der Waals surface area contributed by atoms with E-state index in [0.717, 1.165) is 32.0 Å². The van der Waals surface area contributed by atoms with Crippen molar-refractivity contribution in [3.05, 3.63) is 0 Å². The monoisotopic (exact) mass is 272 g/mol. The summed E-state index contributed by atoms with van der Waals surface area (Å²) in [6.45, 7) is 3.39. The predicted octanol–water partition coefficient (Wildman–Crippen LogP) is 0.638. The van der Waals surface area contributed by atoms with Gasteiger partial charge in [0.2, 0.25) is 0 Å². The summed E-state index contributed by atoms with van der Waals surface area (Å²) in [6, 6.07) is 1.01. The molecule has 2 saturated heterocycles. The third-order valence-corrected chi connectivity index (χ3v) is 6.37. The van der Waals surface area contributed by atoms with Gasteiger partial charge in [-0.1, -0.05) is 0 Å². The number of hydrogen-bond donors (Lipinski definition) is 1. The number of nitrogens with zero attached hydrogens (tertiary/aromatic N) is 1. The molecule has 3 rings (SSSR count). The second kappa shape index (κ2) is 5.10. The van der Waals surface area contributed by atoms with E-state index >= 15 is 0 Å². The summed E-state index contributed by atoms with van der Waals surface area (Å²) in [5.41, 5.74) is 0. The van der Waals surface area contributed by atoms with Crippen molar-refractivity contribution in [3.8, 4) is 0 Å². The van der Waals surface area contributed by atoms with E-state index in [2.05, 4.69) is 10.2 Å². The van der Waals surface area contributed by atoms with E-state index in [0.29, 0.717) is 23.6 Å². The Hall–Kier alpha value is -0.130. The molecule has 3 fully saturated rings. The molecule has 104 valence electrons. The van der Waals surface area contributed by atoms with Crippen molar-refractivity contribution in [2.45, 2.75) is 44.2 Å². The van der Waals surface area contributed by atoms with Crippen LogP contribution in [0.2, 0.25) is 0 Å². The van der Waals surface area contributed by atoms with E-state index < -0.39 is 9.84 Å². The first-order chi connectivity index (χ1) is 8.64. The number of hydrogen-bond acceptors (Lipinski definition) is 4. The molecule has 0 aromatic carbocycles. The molecule has 5 heteroatoms. The van der Waals surface area contributed by atoms with Gasteiger partial charge in [0.05, 0.1) is 11.5 Å². The highest BCUT2D eigenvalue weighted by Gasteiger charge is 2.40. The Bertz CT molecular complexity index is 386. The molecule has 1 atom stereocenters. The summed E-state index contributed by atoms with van der Waals surface area (Å²) in [5.74, 6) is 1.59. The quantitative estimate of drug-likeness (QED) is 0.816. The number of nitrogens with one attached hydrogen (secondary N) is 1. The van der Waals surface area contributed by atoms with Crippen LogP contribution in [0, 0.1) is 5.92 Å². The minimum atomic E-state index is -2.74. The zero-order valence-electron chi connectivity index (χ0n) is 11.0. The summed E-state index contributed by atoms with van der Waals surface area (Å²) in [5, 5.41) is 3.40. The van der Waals surface area contributed by atoms with Crippen molar-refractivity contribution >= 4 is 9.84 Å². The maximum atomic E-state index is 11.6. The fourth-order valence-electron chi connectivity index (χ4n) is 3.40. The van der Waals surface area contributed by atoms with Gasteiger partial charge in [-0.3, -0.25) is 4.90 Å². The van der Waals surface area contributed by atoms with Gasteiger partial charge in [0.1, 0.15) is 0 Å². The second-order valence-electron chi connectivity index (χ2n) is 6.18. The van der Waals surface area contributed by atoms with Crippen LogP contribution in [0.15, 0.2) is 0 Å². The van der Waals surface area contributed by atoms with Gasteiger partial charge >= 0.3 is 0 Å². The van der Waals surface area contributed by atoms with Gasteiger partial charge in [-0.2, -0.15) is 0 Å². The molecule has 0 radical (unpaired) electrons. The topological polar surface area (TPSA) is 49.4 Å². The lowest BCUT2D eigenvalue weighted by Crippen LogP contribution is -2.43. The van der Waals surface area contributed by atoms with Crippen molar-refractivity contribution in [3.63, 3.8) is 0 Å².